The fourth-order valence-corrected chi connectivity index (χ4v) is 1.66. The van der Waals surface area contributed by atoms with E-state index in [0.717, 1.165) is 24.3 Å². The summed E-state index contributed by atoms with van der Waals surface area (Å²) in [5, 5.41) is 3.08. The number of methoxy groups -OCH3 is 1. The number of nitrogens with two attached hydrogens (primary N) is 1. The molecule has 0 bridgehead atoms. The number of ether oxygens (including phenoxy) is 2. The second kappa shape index (κ2) is 9.83. The van der Waals surface area contributed by atoms with Crippen LogP contribution in [0.4, 0.5) is 0 Å². The molecule has 0 atom stereocenters. The van der Waals surface area contributed by atoms with Crippen molar-refractivity contribution >= 4 is 5.96 Å². The SMILES string of the molecule is C=C(C)COCCN=C(N)NCCc1ccc(OC)cc1. The molecule has 0 fully saturated rings. The third-order valence-corrected chi connectivity index (χ3v) is 2.75. The minimum absolute atomic E-state index is 0.447. The number of aliphatic imine (C=N–C) groups is 1. The van der Waals surface area contributed by atoms with E-state index in [9.17, 15) is 0 Å². The topological polar surface area (TPSA) is 68.9 Å². The Kier molecular flexibility index (Phi) is 7.97. The Morgan fingerprint density at radius 2 is 2.05 bits per heavy atom. The van der Waals surface area contributed by atoms with Gasteiger partial charge in [0.25, 0.3) is 0 Å². The zero-order valence-electron chi connectivity index (χ0n) is 12.9. The predicted molar refractivity (Wildman–Crippen MR) is 86.8 cm³/mol. The molecule has 0 saturated heterocycles. The van der Waals surface area contributed by atoms with E-state index in [1.54, 1.807) is 7.11 Å². The molecule has 0 radical (unpaired) electrons. The van der Waals surface area contributed by atoms with Crippen LogP contribution in [-0.2, 0) is 11.2 Å². The first-order valence-corrected chi connectivity index (χ1v) is 7.00. The number of hydrogen-bond donors (Lipinski definition) is 2. The highest BCUT2D eigenvalue weighted by Crippen LogP contribution is 2.11. The molecule has 0 aliphatic rings. The molecular formula is C16H25N3O2. The first-order valence-electron chi connectivity index (χ1n) is 7.00. The minimum atomic E-state index is 0.447. The Bertz CT molecular complexity index is 455. The molecule has 0 aliphatic heterocycles. The van der Waals surface area contributed by atoms with Gasteiger partial charge in [-0.25, -0.2) is 0 Å². The Balaban J connectivity index is 2.16. The summed E-state index contributed by atoms with van der Waals surface area (Å²) in [6, 6.07) is 7.98. The van der Waals surface area contributed by atoms with E-state index < -0.39 is 0 Å². The molecule has 3 N–H and O–H groups in total. The van der Waals surface area contributed by atoms with E-state index in [4.69, 9.17) is 15.2 Å². The fourth-order valence-electron chi connectivity index (χ4n) is 1.66. The van der Waals surface area contributed by atoms with Gasteiger partial charge in [-0.05, 0) is 31.0 Å². The average molecular weight is 291 g/mol. The van der Waals surface area contributed by atoms with Gasteiger partial charge in [0, 0.05) is 6.54 Å². The van der Waals surface area contributed by atoms with Crippen molar-refractivity contribution in [1.29, 1.82) is 0 Å². The van der Waals surface area contributed by atoms with Crippen molar-refractivity contribution in [2.75, 3.05) is 33.4 Å². The second-order valence-corrected chi connectivity index (χ2v) is 4.80. The van der Waals surface area contributed by atoms with Crippen LogP contribution in [-0.4, -0.2) is 39.4 Å². The second-order valence-electron chi connectivity index (χ2n) is 4.80. The lowest BCUT2D eigenvalue weighted by Crippen LogP contribution is -2.33. The van der Waals surface area contributed by atoms with Crippen molar-refractivity contribution < 1.29 is 9.47 Å². The van der Waals surface area contributed by atoms with Crippen LogP contribution in [0.5, 0.6) is 5.75 Å². The van der Waals surface area contributed by atoms with Crippen molar-refractivity contribution in [3.63, 3.8) is 0 Å². The van der Waals surface area contributed by atoms with E-state index in [2.05, 4.69) is 16.9 Å². The number of nitrogens with zero attached hydrogens (tertiary/aromatic N) is 1. The summed E-state index contributed by atoms with van der Waals surface area (Å²) in [5.74, 6) is 1.31. The lowest BCUT2D eigenvalue weighted by Gasteiger charge is -2.07. The summed E-state index contributed by atoms with van der Waals surface area (Å²) in [6.45, 7) is 8.10. The summed E-state index contributed by atoms with van der Waals surface area (Å²) in [5.41, 5.74) is 8.00. The average Bonchev–Trinajstić information content (AvgIpc) is 2.47. The van der Waals surface area contributed by atoms with Gasteiger partial charge in [0.15, 0.2) is 5.96 Å². The van der Waals surface area contributed by atoms with Crippen molar-refractivity contribution in [1.82, 2.24) is 5.32 Å². The molecule has 0 heterocycles. The van der Waals surface area contributed by atoms with Crippen molar-refractivity contribution in [2.24, 2.45) is 10.7 Å². The molecule has 0 aromatic heterocycles. The summed E-state index contributed by atoms with van der Waals surface area (Å²) in [4.78, 5) is 4.19. The fraction of sp³-hybridized carbons (Fsp3) is 0.438. The lowest BCUT2D eigenvalue weighted by molar-refractivity contribution is 0.164. The molecule has 0 spiro atoms. The van der Waals surface area contributed by atoms with Crippen LogP contribution in [0.15, 0.2) is 41.4 Å². The van der Waals surface area contributed by atoms with Crippen molar-refractivity contribution in [3.8, 4) is 5.75 Å². The van der Waals surface area contributed by atoms with Gasteiger partial charge in [-0.2, -0.15) is 0 Å². The van der Waals surface area contributed by atoms with Gasteiger partial charge in [0.1, 0.15) is 5.75 Å². The molecule has 116 valence electrons. The van der Waals surface area contributed by atoms with Crippen LogP contribution in [0, 0.1) is 0 Å². The number of benzene rings is 1. The molecule has 0 unspecified atom stereocenters. The molecule has 0 saturated carbocycles. The third-order valence-electron chi connectivity index (χ3n) is 2.75. The number of guanidine groups is 1. The molecule has 5 heteroatoms. The van der Waals surface area contributed by atoms with Crippen molar-refractivity contribution in [2.45, 2.75) is 13.3 Å². The maximum absolute atomic E-state index is 5.77. The zero-order chi connectivity index (χ0) is 15.5. The van der Waals surface area contributed by atoms with E-state index in [0.29, 0.717) is 25.7 Å². The minimum Gasteiger partial charge on any atom is -0.497 e. The largest absolute Gasteiger partial charge is 0.497 e. The van der Waals surface area contributed by atoms with Crippen molar-refractivity contribution in [3.05, 3.63) is 42.0 Å². The van der Waals surface area contributed by atoms with Crippen LogP contribution in [0.3, 0.4) is 0 Å². The Morgan fingerprint density at radius 3 is 2.67 bits per heavy atom. The monoisotopic (exact) mass is 291 g/mol. The third kappa shape index (κ3) is 7.99. The Morgan fingerprint density at radius 1 is 1.33 bits per heavy atom. The zero-order valence-corrected chi connectivity index (χ0v) is 12.9. The van der Waals surface area contributed by atoms with Crippen LogP contribution in [0.25, 0.3) is 0 Å². The van der Waals surface area contributed by atoms with Gasteiger partial charge in [0.05, 0.1) is 26.9 Å². The van der Waals surface area contributed by atoms with E-state index >= 15 is 0 Å². The predicted octanol–water partition coefficient (Wildman–Crippen LogP) is 1.73. The normalized spacial score (nSPS) is 11.2. The molecule has 1 aromatic rings. The van der Waals surface area contributed by atoms with Gasteiger partial charge in [-0.3, -0.25) is 4.99 Å². The molecule has 5 nitrogen and oxygen atoms in total. The molecular weight excluding hydrogens is 266 g/mol. The first-order chi connectivity index (χ1) is 10.1. The van der Waals surface area contributed by atoms with Crippen LogP contribution >= 0.6 is 0 Å². The number of hydrogen-bond acceptors (Lipinski definition) is 3. The highest BCUT2D eigenvalue weighted by Gasteiger charge is 1.96. The molecule has 0 amide bonds. The van der Waals surface area contributed by atoms with Crippen LogP contribution < -0.4 is 15.8 Å². The molecule has 21 heavy (non-hydrogen) atoms. The Hall–Kier alpha value is -2.01. The maximum atomic E-state index is 5.77. The Labute approximate surface area is 126 Å². The van der Waals surface area contributed by atoms with E-state index in [1.807, 2.05) is 31.2 Å². The van der Waals surface area contributed by atoms with E-state index in [-0.39, 0.29) is 0 Å². The van der Waals surface area contributed by atoms with Crippen LogP contribution in [0.2, 0.25) is 0 Å². The first kappa shape index (κ1) is 17.0. The highest BCUT2D eigenvalue weighted by atomic mass is 16.5. The smallest absolute Gasteiger partial charge is 0.188 e. The number of rotatable bonds is 9. The molecule has 0 aliphatic carbocycles. The van der Waals surface area contributed by atoms with Gasteiger partial charge < -0.3 is 20.5 Å². The summed E-state index contributed by atoms with van der Waals surface area (Å²) >= 11 is 0. The van der Waals surface area contributed by atoms with Gasteiger partial charge in [0.2, 0.25) is 0 Å². The quantitative estimate of drug-likeness (QED) is 0.315. The summed E-state index contributed by atoms with van der Waals surface area (Å²) < 4.78 is 10.5. The summed E-state index contributed by atoms with van der Waals surface area (Å²) in [7, 11) is 1.66. The molecule has 1 rings (SSSR count). The lowest BCUT2D eigenvalue weighted by atomic mass is 10.1. The van der Waals surface area contributed by atoms with Gasteiger partial charge in [-0.1, -0.05) is 24.3 Å². The summed E-state index contributed by atoms with van der Waals surface area (Å²) in [6.07, 6.45) is 0.881. The van der Waals surface area contributed by atoms with E-state index in [1.165, 1.54) is 5.56 Å². The highest BCUT2D eigenvalue weighted by molar-refractivity contribution is 5.77. The van der Waals surface area contributed by atoms with Crippen LogP contribution in [0.1, 0.15) is 12.5 Å². The standard InChI is InChI=1S/C16H25N3O2/c1-13(2)12-21-11-10-19-16(17)18-9-8-14-4-6-15(20-3)7-5-14/h4-7H,1,8-12H2,2-3H3,(H3,17,18,19). The maximum Gasteiger partial charge on any atom is 0.188 e. The molecule has 1 aromatic carbocycles. The number of nitrogens with one attached hydrogen (secondary N) is 1. The van der Waals surface area contributed by atoms with Gasteiger partial charge >= 0.3 is 0 Å². The van der Waals surface area contributed by atoms with Gasteiger partial charge in [-0.15, -0.1) is 0 Å².